The van der Waals surface area contributed by atoms with Gasteiger partial charge in [-0.15, -0.1) is 0 Å². The van der Waals surface area contributed by atoms with E-state index in [-0.39, 0.29) is 23.9 Å². The molecular weight excluding hydrogens is 228 g/mol. The quantitative estimate of drug-likeness (QED) is 0.827. The molecule has 0 spiro atoms. The highest BCUT2D eigenvalue weighted by Crippen LogP contribution is 2.42. The first-order chi connectivity index (χ1) is 8.45. The number of hydrogen-bond donors (Lipinski definition) is 1. The molecule has 2 rings (SSSR count). The molecule has 2 aliphatic rings. The summed E-state index contributed by atoms with van der Waals surface area (Å²) in [6, 6.07) is -0.161. The van der Waals surface area contributed by atoms with E-state index in [0.717, 1.165) is 25.7 Å². The van der Waals surface area contributed by atoms with Crippen molar-refractivity contribution in [1.29, 1.82) is 0 Å². The highest BCUT2D eigenvalue weighted by Gasteiger charge is 2.55. The summed E-state index contributed by atoms with van der Waals surface area (Å²) in [7, 11) is 0. The van der Waals surface area contributed by atoms with Gasteiger partial charge in [0.1, 0.15) is 11.6 Å². The standard InChI is InChI=1S/C14H24N2O2/c1-5-11(6-2)16-9(3)12(17)15-14(4,13(16)18)10-7-8-10/h9-11H,5-8H2,1-4H3,(H,15,17). The number of hydrogen-bond acceptors (Lipinski definition) is 2. The van der Waals surface area contributed by atoms with Crippen molar-refractivity contribution < 1.29 is 9.59 Å². The summed E-state index contributed by atoms with van der Waals surface area (Å²) in [5, 5.41) is 2.96. The molecule has 1 heterocycles. The third kappa shape index (κ3) is 1.91. The zero-order valence-corrected chi connectivity index (χ0v) is 11.8. The summed E-state index contributed by atoms with van der Waals surface area (Å²) in [6.07, 6.45) is 3.91. The van der Waals surface area contributed by atoms with E-state index in [2.05, 4.69) is 19.2 Å². The van der Waals surface area contributed by atoms with Gasteiger partial charge in [-0.3, -0.25) is 9.59 Å². The molecule has 1 aliphatic carbocycles. The molecule has 0 aromatic carbocycles. The molecular formula is C14H24N2O2. The van der Waals surface area contributed by atoms with Crippen LogP contribution in [0.5, 0.6) is 0 Å². The van der Waals surface area contributed by atoms with Gasteiger partial charge in [0, 0.05) is 6.04 Å². The lowest BCUT2D eigenvalue weighted by atomic mass is 9.88. The highest BCUT2D eigenvalue weighted by atomic mass is 16.2. The molecule has 18 heavy (non-hydrogen) atoms. The first kappa shape index (κ1) is 13.4. The molecule has 1 aliphatic heterocycles. The molecule has 0 radical (unpaired) electrons. The van der Waals surface area contributed by atoms with Gasteiger partial charge in [0.05, 0.1) is 0 Å². The maximum absolute atomic E-state index is 12.8. The molecule has 2 atom stereocenters. The fourth-order valence-electron chi connectivity index (χ4n) is 3.09. The number of nitrogens with one attached hydrogen (secondary N) is 1. The number of piperazine rings is 1. The van der Waals surface area contributed by atoms with Gasteiger partial charge in [0.25, 0.3) is 0 Å². The average molecular weight is 252 g/mol. The van der Waals surface area contributed by atoms with E-state index in [1.807, 2.05) is 18.7 Å². The van der Waals surface area contributed by atoms with Crippen LogP contribution >= 0.6 is 0 Å². The molecule has 1 saturated heterocycles. The Bertz CT molecular complexity index is 361. The first-order valence-electron chi connectivity index (χ1n) is 7.10. The number of amides is 2. The van der Waals surface area contributed by atoms with Crippen molar-refractivity contribution in [3.05, 3.63) is 0 Å². The van der Waals surface area contributed by atoms with Crippen molar-refractivity contribution in [2.24, 2.45) is 5.92 Å². The molecule has 2 fully saturated rings. The molecule has 0 aromatic rings. The van der Waals surface area contributed by atoms with E-state index < -0.39 is 5.54 Å². The average Bonchev–Trinajstić information content (AvgIpc) is 3.16. The Morgan fingerprint density at radius 2 is 1.89 bits per heavy atom. The second-order valence-corrected chi connectivity index (χ2v) is 5.82. The number of nitrogens with zero attached hydrogens (tertiary/aromatic N) is 1. The van der Waals surface area contributed by atoms with Crippen LogP contribution in [-0.4, -0.2) is 34.3 Å². The summed E-state index contributed by atoms with van der Waals surface area (Å²) in [4.78, 5) is 26.7. The maximum atomic E-state index is 12.8. The molecule has 2 unspecified atom stereocenters. The molecule has 1 N–H and O–H groups in total. The Labute approximate surface area is 109 Å². The van der Waals surface area contributed by atoms with E-state index in [1.54, 1.807) is 0 Å². The zero-order chi connectivity index (χ0) is 13.5. The minimum atomic E-state index is -0.661. The van der Waals surface area contributed by atoms with Gasteiger partial charge in [-0.1, -0.05) is 13.8 Å². The monoisotopic (exact) mass is 252 g/mol. The Morgan fingerprint density at radius 3 is 2.33 bits per heavy atom. The SMILES string of the molecule is CCC(CC)N1C(=O)C(C)(C2CC2)NC(=O)C1C. The molecule has 2 amide bonds. The van der Waals surface area contributed by atoms with Crippen LogP contribution < -0.4 is 5.32 Å². The number of rotatable bonds is 4. The topological polar surface area (TPSA) is 49.4 Å². The van der Waals surface area contributed by atoms with Crippen LogP contribution in [0.3, 0.4) is 0 Å². The van der Waals surface area contributed by atoms with Crippen molar-refractivity contribution in [1.82, 2.24) is 10.2 Å². The van der Waals surface area contributed by atoms with E-state index in [4.69, 9.17) is 0 Å². The third-order valence-corrected chi connectivity index (χ3v) is 4.59. The lowest BCUT2D eigenvalue weighted by molar-refractivity contribution is -0.157. The van der Waals surface area contributed by atoms with Gasteiger partial charge in [0.2, 0.25) is 11.8 Å². The summed E-state index contributed by atoms with van der Waals surface area (Å²) in [5.74, 6) is 0.444. The van der Waals surface area contributed by atoms with Crippen LogP contribution in [-0.2, 0) is 9.59 Å². The second-order valence-electron chi connectivity index (χ2n) is 5.82. The Kier molecular flexibility index (Phi) is 3.39. The predicted molar refractivity (Wildman–Crippen MR) is 69.9 cm³/mol. The predicted octanol–water partition coefficient (Wildman–Crippen LogP) is 1.69. The number of carbonyl (C=O) groups is 2. The van der Waals surface area contributed by atoms with Crippen LogP contribution in [0.15, 0.2) is 0 Å². The smallest absolute Gasteiger partial charge is 0.249 e. The van der Waals surface area contributed by atoms with E-state index in [0.29, 0.717) is 5.92 Å². The normalized spacial score (nSPS) is 32.9. The summed E-state index contributed by atoms with van der Waals surface area (Å²) < 4.78 is 0. The van der Waals surface area contributed by atoms with Crippen molar-refractivity contribution in [2.75, 3.05) is 0 Å². The summed E-state index contributed by atoms with van der Waals surface area (Å²) >= 11 is 0. The van der Waals surface area contributed by atoms with E-state index in [1.165, 1.54) is 0 Å². The molecule has 4 nitrogen and oxygen atoms in total. The van der Waals surface area contributed by atoms with E-state index in [9.17, 15) is 9.59 Å². The third-order valence-electron chi connectivity index (χ3n) is 4.59. The lowest BCUT2D eigenvalue weighted by Crippen LogP contribution is -2.71. The Hall–Kier alpha value is -1.06. The Morgan fingerprint density at radius 1 is 1.33 bits per heavy atom. The molecule has 0 aromatic heterocycles. The Balaban J connectivity index is 2.30. The molecule has 4 heteroatoms. The summed E-state index contributed by atoms with van der Waals surface area (Å²) in [5.41, 5.74) is -0.661. The van der Waals surface area contributed by atoms with Crippen molar-refractivity contribution in [3.63, 3.8) is 0 Å². The highest BCUT2D eigenvalue weighted by molar-refractivity contribution is 6.00. The van der Waals surface area contributed by atoms with Crippen LogP contribution in [0.25, 0.3) is 0 Å². The van der Waals surface area contributed by atoms with Crippen LogP contribution in [0.2, 0.25) is 0 Å². The minimum absolute atomic E-state index is 0.00380. The largest absolute Gasteiger partial charge is 0.340 e. The van der Waals surface area contributed by atoms with Crippen LogP contribution in [0, 0.1) is 5.92 Å². The fourth-order valence-corrected chi connectivity index (χ4v) is 3.09. The zero-order valence-electron chi connectivity index (χ0n) is 11.8. The lowest BCUT2D eigenvalue weighted by Gasteiger charge is -2.46. The molecule has 102 valence electrons. The summed E-state index contributed by atoms with van der Waals surface area (Å²) in [6.45, 7) is 7.88. The number of carbonyl (C=O) groups excluding carboxylic acids is 2. The first-order valence-corrected chi connectivity index (χ1v) is 7.10. The van der Waals surface area contributed by atoms with Crippen molar-refractivity contribution in [2.45, 2.75) is 71.0 Å². The van der Waals surface area contributed by atoms with Crippen molar-refractivity contribution >= 4 is 11.8 Å². The van der Waals surface area contributed by atoms with Gasteiger partial charge in [-0.2, -0.15) is 0 Å². The van der Waals surface area contributed by atoms with Crippen molar-refractivity contribution in [3.8, 4) is 0 Å². The van der Waals surface area contributed by atoms with Crippen LogP contribution in [0.1, 0.15) is 53.4 Å². The van der Waals surface area contributed by atoms with Gasteiger partial charge in [-0.05, 0) is 45.4 Å². The maximum Gasteiger partial charge on any atom is 0.249 e. The molecule has 1 saturated carbocycles. The van der Waals surface area contributed by atoms with Gasteiger partial charge < -0.3 is 10.2 Å². The second kappa shape index (κ2) is 4.56. The van der Waals surface area contributed by atoms with Gasteiger partial charge >= 0.3 is 0 Å². The van der Waals surface area contributed by atoms with Gasteiger partial charge in [0.15, 0.2) is 0 Å². The minimum Gasteiger partial charge on any atom is -0.340 e. The molecule has 0 bridgehead atoms. The van der Waals surface area contributed by atoms with Crippen LogP contribution in [0.4, 0.5) is 0 Å². The van der Waals surface area contributed by atoms with E-state index >= 15 is 0 Å². The fraction of sp³-hybridized carbons (Fsp3) is 0.857. The van der Waals surface area contributed by atoms with Gasteiger partial charge in [-0.25, -0.2) is 0 Å².